The second kappa shape index (κ2) is 3.83. The Kier molecular flexibility index (Phi) is 2.41. The van der Waals surface area contributed by atoms with Crippen molar-refractivity contribution in [3.8, 4) is 0 Å². The number of imidazole rings is 1. The summed E-state index contributed by atoms with van der Waals surface area (Å²) >= 11 is 5.81. The molecular weight excluding hydrogens is 298 g/mol. The molecule has 21 heavy (non-hydrogen) atoms. The number of anilines is 1. The molecule has 2 fully saturated rings. The number of rotatable bonds is 2. The number of halogens is 1. The van der Waals surface area contributed by atoms with Crippen LogP contribution in [-0.2, 0) is 5.72 Å². The van der Waals surface area contributed by atoms with E-state index in [1.165, 1.54) is 10.9 Å². The minimum Gasteiger partial charge on any atom is -0.396 e. The zero-order valence-corrected chi connectivity index (χ0v) is 11.7. The lowest BCUT2D eigenvalue weighted by atomic mass is 9.96. The fraction of sp³-hybridized carbons (Fsp3) is 0.583. The summed E-state index contributed by atoms with van der Waals surface area (Å²) in [5.74, 6) is 0.191. The summed E-state index contributed by atoms with van der Waals surface area (Å²) in [6.45, 7) is -0.161. The maximum atomic E-state index is 10.9. The minimum absolute atomic E-state index is 0.0557. The molecule has 0 bridgehead atoms. The van der Waals surface area contributed by atoms with E-state index in [0.29, 0.717) is 18.4 Å². The molecule has 0 spiro atoms. The van der Waals surface area contributed by atoms with Gasteiger partial charge in [0.25, 0.3) is 0 Å². The quantitative estimate of drug-likeness (QED) is 0.548. The highest BCUT2D eigenvalue weighted by molar-refractivity contribution is 6.28. The monoisotopic (exact) mass is 311 g/mol. The number of nitrogens with two attached hydrogens (primary N) is 1. The summed E-state index contributed by atoms with van der Waals surface area (Å²) in [5, 5.41) is 30.9. The molecule has 112 valence electrons. The lowest BCUT2D eigenvalue weighted by Gasteiger charge is -2.33. The molecule has 5 N–H and O–H groups in total. The molecule has 0 amide bonds. The van der Waals surface area contributed by atoms with E-state index in [-0.39, 0.29) is 29.3 Å². The zero-order chi connectivity index (χ0) is 15.0. The first-order chi connectivity index (χ1) is 9.92. The predicted octanol–water partition coefficient (Wildman–Crippen LogP) is -0.530. The highest BCUT2D eigenvalue weighted by Crippen LogP contribution is 2.67. The number of hydrogen-bond acceptors (Lipinski definition) is 7. The third-order valence-electron chi connectivity index (χ3n) is 4.92. The first kappa shape index (κ1) is 13.2. The van der Waals surface area contributed by atoms with Crippen LogP contribution in [0.3, 0.4) is 0 Å². The van der Waals surface area contributed by atoms with Crippen LogP contribution in [0.1, 0.15) is 12.8 Å². The predicted molar refractivity (Wildman–Crippen MR) is 73.2 cm³/mol. The van der Waals surface area contributed by atoms with Gasteiger partial charge in [-0.2, -0.15) is 9.97 Å². The molecule has 4 rings (SSSR count). The van der Waals surface area contributed by atoms with Crippen molar-refractivity contribution in [1.29, 1.82) is 0 Å². The SMILES string of the molecule is Nc1nc(Cl)nc2c1ncn2[C@@]1(O)CC2C[C@@]2(CO)[C@H]1O. The van der Waals surface area contributed by atoms with Crippen LogP contribution in [0.2, 0.25) is 5.28 Å². The van der Waals surface area contributed by atoms with Crippen molar-refractivity contribution in [3.63, 3.8) is 0 Å². The van der Waals surface area contributed by atoms with E-state index in [2.05, 4.69) is 15.0 Å². The molecule has 1 unspecified atom stereocenters. The van der Waals surface area contributed by atoms with E-state index in [0.717, 1.165) is 0 Å². The number of fused-ring (bicyclic) bond motifs is 2. The third kappa shape index (κ3) is 1.48. The van der Waals surface area contributed by atoms with Crippen molar-refractivity contribution in [2.24, 2.45) is 11.3 Å². The summed E-state index contributed by atoms with van der Waals surface area (Å²) in [6.07, 6.45) is 1.29. The van der Waals surface area contributed by atoms with Gasteiger partial charge >= 0.3 is 0 Å². The fourth-order valence-electron chi connectivity index (χ4n) is 3.63. The molecule has 4 atom stereocenters. The Morgan fingerprint density at radius 3 is 2.86 bits per heavy atom. The first-order valence-electron chi connectivity index (χ1n) is 6.60. The highest BCUT2D eigenvalue weighted by Gasteiger charge is 2.72. The Hall–Kier alpha value is -1.48. The summed E-state index contributed by atoms with van der Waals surface area (Å²) < 4.78 is 1.38. The number of aromatic nitrogens is 4. The van der Waals surface area contributed by atoms with Crippen LogP contribution >= 0.6 is 11.6 Å². The van der Waals surface area contributed by atoms with Crippen molar-refractivity contribution in [3.05, 3.63) is 11.6 Å². The largest absolute Gasteiger partial charge is 0.396 e. The molecule has 2 aromatic rings. The average Bonchev–Trinajstić information content (AvgIpc) is 2.86. The van der Waals surface area contributed by atoms with Crippen LogP contribution in [0.15, 0.2) is 6.33 Å². The van der Waals surface area contributed by atoms with Crippen LogP contribution in [0, 0.1) is 11.3 Å². The van der Waals surface area contributed by atoms with Crippen LogP contribution < -0.4 is 5.73 Å². The van der Waals surface area contributed by atoms with E-state index in [4.69, 9.17) is 17.3 Å². The zero-order valence-electron chi connectivity index (χ0n) is 10.9. The number of nitrogen functional groups attached to an aromatic ring is 1. The number of nitrogens with zero attached hydrogens (tertiary/aromatic N) is 4. The molecule has 0 saturated heterocycles. The number of aliphatic hydroxyl groups excluding tert-OH is 2. The Labute approximate surface area is 124 Å². The maximum Gasteiger partial charge on any atom is 0.226 e. The van der Waals surface area contributed by atoms with E-state index < -0.39 is 17.2 Å². The van der Waals surface area contributed by atoms with Crippen molar-refractivity contribution in [1.82, 2.24) is 19.5 Å². The molecule has 0 radical (unpaired) electrons. The van der Waals surface area contributed by atoms with E-state index >= 15 is 0 Å². The topological polar surface area (TPSA) is 130 Å². The smallest absolute Gasteiger partial charge is 0.226 e. The average molecular weight is 312 g/mol. The van der Waals surface area contributed by atoms with Gasteiger partial charge in [-0.05, 0) is 23.9 Å². The van der Waals surface area contributed by atoms with Crippen LogP contribution in [0.5, 0.6) is 0 Å². The molecule has 2 aliphatic carbocycles. The van der Waals surface area contributed by atoms with Gasteiger partial charge in [0.05, 0.1) is 12.9 Å². The Bertz CT molecular complexity index is 748. The van der Waals surface area contributed by atoms with Gasteiger partial charge in [0.2, 0.25) is 5.28 Å². The third-order valence-corrected chi connectivity index (χ3v) is 5.09. The highest BCUT2D eigenvalue weighted by atomic mass is 35.5. The minimum atomic E-state index is -1.58. The van der Waals surface area contributed by atoms with Crippen LogP contribution in [0.4, 0.5) is 5.82 Å². The summed E-state index contributed by atoms with van der Waals surface area (Å²) in [5.41, 5.74) is 4.11. The summed E-state index contributed by atoms with van der Waals surface area (Å²) in [4.78, 5) is 12.0. The van der Waals surface area contributed by atoms with Gasteiger partial charge in [-0.25, -0.2) is 4.98 Å². The molecular formula is C12H14ClN5O3. The fourth-order valence-corrected chi connectivity index (χ4v) is 3.80. The molecule has 8 nitrogen and oxygen atoms in total. The van der Waals surface area contributed by atoms with E-state index in [9.17, 15) is 15.3 Å². The maximum absolute atomic E-state index is 10.9. The molecule has 2 saturated carbocycles. The van der Waals surface area contributed by atoms with Crippen molar-refractivity contribution >= 4 is 28.6 Å². The van der Waals surface area contributed by atoms with Gasteiger partial charge in [0, 0.05) is 11.8 Å². The van der Waals surface area contributed by atoms with Gasteiger partial charge < -0.3 is 21.1 Å². The van der Waals surface area contributed by atoms with Crippen molar-refractivity contribution < 1.29 is 15.3 Å². The number of hydrogen-bond donors (Lipinski definition) is 4. The molecule has 2 heterocycles. The molecule has 2 aliphatic rings. The Balaban J connectivity index is 1.88. The Morgan fingerprint density at radius 2 is 2.19 bits per heavy atom. The molecule has 0 aliphatic heterocycles. The summed E-state index contributed by atoms with van der Waals surface area (Å²) in [6, 6.07) is 0. The van der Waals surface area contributed by atoms with Gasteiger partial charge in [-0.15, -0.1) is 0 Å². The normalized spacial score (nSPS) is 37.9. The van der Waals surface area contributed by atoms with Gasteiger partial charge in [0.1, 0.15) is 11.6 Å². The standard InChI is InChI=1S/C12H14ClN5O3/c13-10-16-7(14)6-8(17-10)18(4-15-6)12(21)2-5-1-11(5,3-19)9(12)20/h4-5,9,19-21H,1-3H2,(H2,14,16,17)/t5?,9-,11+,12-/m1/s1. The van der Waals surface area contributed by atoms with Crippen LogP contribution in [0.25, 0.3) is 11.2 Å². The molecule has 2 aromatic heterocycles. The summed E-state index contributed by atoms with van der Waals surface area (Å²) in [7, 11) is 0. The van der Waals surface area contributed by atoms with E-state index in [1.54, 1.807) is 0 Å². The first-order valence-corrected chi connectivity index (χ1v) is 6.98. The molecule has 0 aromatic carbocycles. The van der Waals surface area contributed by atoms with E-state index in [1.807, 2.05) is 0 Å². The molecule has 9 heteroatoms. The second-order valence-electron chi connectivity index (χ2n) is 5.94. The number of aliphatic hydroxyl groups is 3. The second-order valence-corrected chi connectivity index (χ2v) is 6.28. The van der Waals surface area contributed by atoms with Crippen molar-refractivity contribution in [2.45, 2.75) is 24.7 Å². The van der Waals surface area contributed by atoms with Gasteiger partial charge in [-0.1, -0.05) is 0 Å². The van der Waals surface area contributed by atoms with Crippen LogP contribution in [-0.4, -0.2) is 47.5 Å². The lowest BCUT2D eigenvalue weighted by Crippen LogP contribution is -2.46. The van der Waals surface area contributed by atoms with Gasteiger partial charge in [-0.3, -0.25) is 4.57 Å². The van der Waals surface area contributed by atoms with Crippen molar-refractivity contribution in [2.75, 3.05) is 12.3 Å². The van der Waals surface area contributed by atoms with Gasteiger partial charge in [0.15, 0.2) is 17.2 Å². The lowest BCUT2D eigenvalue weighted by molar-refractivity contribution is -0.145. The Morgan fingerprint density at radius 1 is 1.43 bits per heavy atom.